The summed E-state index contributed by atoms with van der Waals surface area (Å²) in [4.78, 5) is 2.56. The molecule has 1 fully saturated rings. The average Bonchev–Trinajstić information content (AvgIpc) is 2.05. The zero-order chi connectivity index (χ0) is 8.97. The van der Waals surface area contributed by atoms with Crippen LogP contribution in [-0.4, -0.2) is 36.7 Å². The van der Waals surface area contributed by atoms with Crippen LogP contribution in [0.3, 0.4) is 0 Å². The minimum atomic E-state index is 0.611. The Balaban J connectivity index is 2.36. The Morgan fingerprint density at radius 2 is 2.33 bits per heavy atom. The second-order valence-electron chi connectivity index (χ2n) is 3.80. The summed E-state index contributed by atoms with van der Waals surface area (Å²) in [5.41, 5.74) is 0. The standard InChI is InChI=1S/C10H21NO/c1-4-5-9(2)11-6-7-12-8-10(11)3/h9-10H,4-8H2,1-3H3. The van der Waals surface area contributed by atoms with Crippen LogP contribution in [0.4, 0.5) is 0 Å². The maximum absolute atomic E-state index is 5.40. The van der Waals surface area contributed by atoms with Crippen molar-refractivity contribution in [3.8, 4) is 0 Å². The van der Waals surface area contributed by atoms with E-state index in [9.17, 15) is 0 Å². The van der Waals surface area contributed by atoms with E-state index in [1.54, 1.807) is 0 Å². The molecule has 72 valence electrons. The topological polar surface area (TPSA) is 12.5 Å². The molecule has 0 aromatic rings. The van der Waals surface area contributed by atoms with E-state index in [0.29, 0.717) is 6.04 Å². The molecule has 0 saturated carbocycles. The molecular formula is C10H21NO. The van der Waals surface area contributed by atoms with E-state index in [1.165, 1.54) is 12.8 Å². The summed E-state index contributed by atoms with van der Waals surface area (Å²) in [5, 5.41) is 0. The average molecular weight is 171 g/mol. The summed E-state index contributed by atoms with van der Waals surface area (Å²) in [6.07, 6.45) is 2.59. The zero-order valence-electron chi connectivity index (χ0n) is 8.55. The van der Waals surface area contributed by atoms with Crippen molar-refractivity contribution in [1.82, 2.24) is 4.90 Å². The van der Waals surface area contributed by atoms with Gasteiger partial charge in [-0.15, -0.1) is 0 Å². The molecule has 1 heterocycles. The first kappa shape index (κ1) is 10.0. The van der Waals surface area contributed by atoms with E-state index in [-0.39, 0.29) is 0 Å². The minimum Gasteiger partial charge on any atom is -0.379 e. The molecule has 1 aliphatic heterocycles. The molecule has 2 nitrogen and oxygen atoms in total. The van der Waals surface area contributed by atoms with Gasteiger partial charge in [0.05, 0.1) is 13.2 Å². The fourth-order valence-corrected chi connectivity index (χ4v) is 1.98. The Morgan fingerprint density at radius 1 is 1.58 bits per heavy atom. The van der Waals surface area contributed by atoms with Gasteiger partial charge in [0.1, 0.15) is 0 Å². The van der Waals surface area contributed by atoms with Gasteiger partial charge < -0.3 is 4.74 Å². The largest absolute Gasteiger partial charge is 0.379 e. The molecule has 2 heteroatoms. The van der Waals surface area contributed by atoms with Crippen molar-refractivity contribution < 1.29 is 4.74 Å². The van der Waals surface area contributed by atoms with Crippen LogP contribution in [0.2, 0.25) is 0 Å². The Morgan fingerprint density at radius 3 is 2.92 bits per heavy atom. The van der Waals surface area contributed by atoms with E-state index in [2.05, 4.69) is 25.7 Å². The van der Waals surface area contributed by atoms with Gasteiger partial charge in [0.25, 0.3) is 0 Å². The van der Waals surface area contributed by atoms with Crippen LogP contribution in [-0.2, 0) is 4.74 Å². The molecule has 0 aromatic carbocycles. The molecule has 0 spiro atoms. The maximum Gasteiger partial charge on any atom is 0.0619 e. The SMILES string of the molecule is CCCC(C)N1CCOCC1C. The Labute approximate surface area is 75.9 Å². The lowest BCUT2D eigenvalue weighted by atomic mass is 10.1. The van der Waals surface area contributed by atoms with Gasteiger partial charge in [-0.2, -0.15) is 0 Å². The van der Waals surface area contributed by atoms with E-state index >= 15 is 0 Å². The van der Waals surface area contributed by atoms with Crippen LogP contribution >= 0.6 is 0 Å². The lowest BCUT2D eigenvalue weighted by Gasteiger charge is -2.37. The van der Waals surface area contributed by atoms with Crippen molar-refractivity contribution in [3.05, 3.63) is 0 Å². The van der Waals surface area contributed by atoms with Crippen molar-refractivity contribution in [2.45, 2.75) is 45.7 Å². The summed E-state index contributed by atoms with van der Waals surface area (Å²) < 4.78 is 5.40. The quantitative estimate of drug-likeness (QED) is 0.643. The number of hydrogen-bond acceptors (Lipinski definition) is 2. The van der Waals surface area contributed by atoms with Gasteiger partial charge in [-0.05, 0) is 20.3 Å². The third-order valence-corrected chi connectivity index (χ3v) is 2.69. The van der Waals surface area contributed by atoms with Crippen molar-refractivity contribution >= 4 is 0 Å². The number of rotatable bonds is 3. The van der Waals surface area contributed by atoms with E-state index in [0.717, 1.165) is 25.8 Å². The monoisotopic (exact) mass is 171 g/mol. The predicted octanol–water partition coefficient (Wildman–Crippen LogP) is 1.90. The Bertz CT molecular complexity index is 127. The van der Waals surface area contributed by atoms with E-state index in [1.807, 2.05) is 0 Å². The summed E-state index contributed by atoms with van der Waals surface area (Å²) in [6.45, 7) is 9.77. The summed E-state index contributed by atoms with van der Waals surface area (Å²) >= 11 is 0. The van der Waals surface area contributed by atoms with Gasteiger partial charge in [-0.3, -0.25) is 4.90 Å². The van der Waals surface area contributed by atoms with Gasteiger partial charge in [0.15, 0.2) is 0 Å². The molecule has 0 bridgehead atoms. The van der Waals surface area contributed by atoms with Crippen LogP contribution in [0.5, 0.6) is 0 Å². The lowest BCUT2D eigenvalue weighted by molar-refractivity contribution is -0.0200. The fourth-order valence-electron chi connectivity index (χ4n) is 1.98. The number of morpholine rings is 1. The minimum absolute atomic E-state index is 0.611. The normalized spacial score (nSPS) is 28.8. The molecule has 2 atom stereocenters. The molecule has 0 radical (unpaired) electrons. The lowest BCUT2D eigenvalue weighted by Crippen LogP contribution is -2.48. The second-order valence-corrected chi connectivity index (χ2v) is 3.80. The first-order valence-corrected chi connectivity index (χ1v) is 5.09. The molecule has 0 amide bonds. The number of hydrogen-bond donors (Lipinski definition) is 0. The Kier molecular flexibility index (Phi) is 4.02. The van der Waals surface area contributed by atoms with Crippen molar-refractivity contribution in [1.29, 1.82) is 0 Å². The first-order chi connectivity index (χ1) is 5.75. The number of nitrogens with zero attached hydrogens (tertiary/aromatic N) is 1. The van der Waals surface area contributed by atoms with Crippen molar-refractivity contribution in [3.63, 3.8) is 0 Å². The van der Waals surface area contributed by atoms with Crippen LogP contribution in [0.15, 0.2) is 0 Å². The van der Waals surface area contributed by atoms with Crippen LogP contribution in [0.25, 0.3) is 0 Å². The highest BCUT2D eigenvalue weighted by atomic mass is 16.5. The number of ether oxygens (including phenoxy) is 1. The summed E-state index contributed by atoms with van der Waals surface area (Å²) in [6, 6.07) is 1.34. The molecule has 1 aliphatic rings. The Hall–Kier alpha value is -0.0800. The third kappa shape index (κ3) is 2.46. The molecule has 1 rings (SSSR count). The third-order valence-electron chi connectivity index (χ3n) is 2.69. The van der Waals surface area contributed by atoms with Crippen LogP contribution in [0.1, 0.15) is 33.6 Å². The molecule has 1 saturated heterocycles. The summed E-state index contributed by atoms with van der Waals surface area (Å²) in [7, 11) is 0. The highest BCUT2D eigenvalue weighted by Gasteiger charge is 2.22. The smallest absolute Gasteiger partial charge is 0.0619 e. The van der Waals surface area contributed by atoms with E-state index < -0.39 is 0 Å². The zero-order valence-corrected chi connectivity index (χ0v) is 8.55. The first-order valence-electron chi connectivity index (χ1n) is 5.09. The molecule has 2 unspecified atom stereocenters. The van der Waals surface area contributed by atoms with Gasteiger partial charge in [0.2, 0.25) is 0 Å². The van der Waals surface area contributed by atoms with Crippen LogP contribution in [0, 0.1) is 0 Å². The highest BCUT2D eigenvalue weighted by molar-refractivity contribution is 4.76. The van der Waals surface area contributed by atoms with Crippen molar-refractivity contribution in [2.24, 2.45) is 0 Å². The molecular weight excluding hydrogens is 150 g/mol. The van der Waals surface area contributed by atoms with Gasteiger partial charge in [-0.1, -0.05) is 13.3 Å². The van der Waals surface area contributed by atoms with E-state index in [4.69, 9.17) is 4.74 Å². The van der Waals surface area contributed by atoms with Gasteiger partial charge in [0, 0.05) is 18.6 Å². The second kappa shape index (κ2) is 4.83. The van der Waals surface area contributed by atoms with Gasteiger partial charge >= 0.3 is 0 Å². The maximum atomic E-state index is 5.40. The van der Waals surface area contributed by atoms with Crippen LogP contribution < -0.4 is 0 Å². The molecule has 0 aromatic heterocycles. The van der Waals surface area contributed by atoms with Gasteiger partial charge in [-0.25, -0.2) is 0 Å². The van der Waals surface area contributed by atoms with Crippen molar-refractivity contribution in [2.75, 3.05) is 19.8 Å². The summed E-state index contributed by atoms with van der Waals surface area (Å²) in [5.74, 6) is 0. The predicted molar refractivity (Wildman–Crippen MR) is 51.4 cm³/mol. The molecule has 12 heavy (non-hydrogen) atoms. The fraction of sp³-hybridized carbons (Fsp3) is 1.00. The molecule has 0 aliphatic carbocycles. The highest BCUT2D eigenvalue weighted by Crippen LogP contribution is 2.13. The molecule has 0 N–H and O–H groups in total.